The van der Waals surface area contributed by atoms with Crippen molar-refractivity contribution >= 4 is 26.0 Å². The van der Waals surface area contributed by atoms with E-state index >= 15 is 0 Å². The molecule has 1 aromatic rings. The van der Waals surface area contributed by atoms with Crippen LogP contribution in [0.5, 0.6) is 5.75 Å². The Hall–Kier alpha value is -0.630. The molecule has 1 aromatic carbocycles. The molecule has 0 N–H and O–H groups in total. The van der Waals surface area contributed by atoms with Crippen molar-refractivity contribution in [1.82, 2.24) is 4.47 Å². The van der Waals surface area contributed by atoms with Crippen LogP contribution in [0.4, 0.5) is 0 Å². The lowest BCUT2D eigenvalue weighted by molar-refractivity contribution is -0.0259. The van der Waals surface area contributed by atoms with Crippen LogP contribution in [0, 0.1) is 0 Å². The molecule has 0 fully saturated rings. The molecule has 0 aliphatic rings. The van der Waals surface area contributed by atoms with Crippen LogP contribution < -0.4 is 4.74 Å². The van der Waals surface area contributed by atoms with Crippen molar-refractivity contribution in [3.8, 4) is 5.75 Å². The van der Waals surface area contributed by atoms with Gasteiger partial charge in [0.2, 0.25) is 0 Å². The number of hydroxylamine groups is 1. The first kappa shape index (κ1) is 13.4. The number of hydrogen-bond donors (Lipinski definition) is 0. The van der Waals surface area contributed by atoms with Gasteiger partial charge in [-0.05, 0) is 18.2 Å². The Morgan fingerprint density at radius 1 is 1.31 bits per heavy atom. The zero-order valence-electron chi connectivity index (χ0n) is 9.10. The fourth-order valence-electron chi connectivity index (χ4n) is 1.09. The molecule has 7 heteroatoms. The van der Waals surface area contributed by atoms with E-state index in [-0.39, 0.29) is 10.6 Å². The molecule has 0 aliphatic carbocycles. The van der Waals surface area contributed by atoms with E-state index < -0.39 is 10.0 Å². The molecule has 0 atom stereocenters. The van der Waals surface area contributed by atoms with Crippen LogP contribution in [0.15, 0.2) is 27.6 Å². The second-order valence-corrected chi connectivity index (χ2v) is 5.71. The topological polar surface area (TPSA) is 55.8 Å². The number of sulfonamides is 1. The van der Waals surface area contributed by atoms with Gasteiger partial charge in [0.05, 0.1) is 14.2 Å². The number of benzene rings is 1. The minimum atomic E-state index is -3.70. The van der Waals surface area contributed by atoms with Gasteiger partial charge in [0.15, 0.2) is 0 Å². The van der Waals surface area contributed by atoms with Crippen LogP contribution in [-0.4, -0.2) is 34.2 Å². The summed E-state index contributed by atoms with van der Waals surface area (Å²) < 4.78 is 30.4. The van der Waals surface area contributed by atoms with Crippen molar-refractivity contribution in [2.75, 3.05) is 21.3 Å². The quantitative estimate of drug-likeness (QED) is 0.793. The summed E-state index contributed by atoms with van der Waals surface area (Å²) in [5.41, 5.74) is 0. The molecule has 0 heterocycles. The molecule has 0 spiro atoms. The normalized spacial score (nSPS) is 11.8. The molecule has 0 amide bonds. The third-order valence-corrected chi connectivity index (χ3v) is 4.19. The molecular weight excluding hydrogens is 298 g/mol. The first-order valence-corrected chi connectivity index (χ1v) is 6.53. The molecule has 0 unspecified atom stereocenters. The Kier molecular flexibility index (Phi) is 4.31. The zero-order chi connectivity index (χ0) is 12.3. The fourth-order valence-corrected chi connectivity index (χ4v) is 2.76. The number of hydrogen-bond acceptors (Lipinski definition) is 4. The molecule has 0 radical (unpaired) electrons. The molecule has 1 rings (SSSR count). The summed E-state index contributed by atoms with van der Waals surface area (Å²) in [6.45, 7) is 0. The van der Waals surface area contributed by atoms with Gasteiger partial charge in [-0.1, -0.05) is 20.4 Å². The fraction of sp³-hybridized carbons (Fsp3) is 0.333. The highest BCUT2D eigenvalue weighted by atomic mass is 79.9. The predicted molar refractivity (Wildman–Crippen MR) is 62.7 cm³/mol. The van der Waals surface area contributed by atoms with Gasteiger partial charge < -0.3 is 4.74 Å². The van der Waals surface area contributed by atoms with Crippen LogP contribution in [0.25, 0.3) is 0 Å². The number of ether oxygens (including phenoxy) is 1. The summed E-state index contributed by atoms with van der Waals surface area (Å²) in [6, 6.07) is 4.73. The van der Waals surface area contributed by atoms with E-state index in [9.17, 15) is 8.42 Å². The lowest BCUT2D eigenvalue weighted by Crippen LogP contribution is -2.26. The third-order valence-electron chi connectivity index (χ3n) is 2.00. The molecule has 16 heavy (non-hydrogen) atoms. The van der Waals surface area contributed by atoms with Gasteiger partial charge in [-0.25, -0.2) is 8.42 Å². The van der Waals surface area contributed by atoms with Crippen molar-refractivity contribution in [3.05, 3.63) is 22.7 Å². The van der Waals surface area contributed by atoms with Crippen molar-refractivity contribution in [1.29, 1.82) is 0 Å². The predicted octanol–water partition coefficient (Wildman–Crippen LogP) is 1.64. The summed E-state index contributed by atoms with van der Waals surface area (Å²) in [7, 11) is 0.309. The van der Waals surface area contributed by atoms with Crippen LogP contribution in [0.2, 0.25) is 0 Å². The van der Waals surface area contributed by atoms with E-state index in [1.165, 1.54) is 27.3 Å². The highest BCUT2D eigenvalue weighted by Crippen LogP contribution is 2.29. The Bertz CT molecular complexity index is 474. The number of rotatable bonds is 4. The summed E-state index contributed by atoms with van der Waals surface area (Å²) in [6.07, 6.45) is 0. The van der Waals surface area contributed by atoms with E-state index in [4.69, 9.17) is 4.74 Å². The molecule has 0 aromatic heterocycles. The molecule has 90 valence electrons. The maximum atomic E-state index is 12.0. The van der Waals surface area contributed by atoms with Gasteiger partial charge in [0.1, 0.15) is 10.6 Å². The van der Waals surface area contributed by atoms with Gasteiger partial charge in [-0.3, -0.25) is 4.84 Å². The minimum absolute atomic E-state index is 0.0497. The Balaban J connectivity index is 3.37. The summed E-state index contributed by atoms with van der Waals surface area (Å²) >= 11 is 3.21. The standard InChI is InChI=1S/C9H12BrNO4S/c1-11(15-3)16(12,13)9-6-7(10)4-5-8(9)14-2/h4-6H,1-3H3. The molecule has 0 bridgehead atoms. The van der Waals surface area contributed by atoms with Gasteiger partial charge >= 0.3 is 0 Å². The molecule has 5 nitrogen and oxygen atoms in total. The van der Waals surface area contributed by atoms with Gasteiger partial charge in [0, 0.05) is 11.5 Å². The Labute approximate surface area is 103 Å². The highest BCUT2D eigenvalue weighted by Gasteiger charge is 2.25. The summed E-state index contributed by atoms with van der Waals surface area (Å²) in [4.78, 5) is 4.73. The van der Waals surface area contributed by atoms with E-state index in [0.29, 0.717) is 4.47 Å². The first-order chi connectivity index (χ1) is 7.43. The maximum Gasteiger partial charge on any atom is 0.268 e. The summed E-state index contributed by atoms with van der Waals surface area (Å²) in [5.74, 6) is 0.270. The van der Waals surface area contributed by atoms with Crippen molar-refractivity contribution in [2.24, 2.45) is 0 Å². The number of halogens is 1. The second kappa shape index (κ2) is 5.13. The second-order valence-electron chi connectivity index (χ2n) is 2.89. The van der Waals surface area contributed by atoms with Gasteiger partial charge in [-0.2, -0.15) is 0 Å². The monoisotopic (exact) mass is 309 g/mol. The van der Waals surface area contributed by atoms with Crippen molar-refractivity contribution in [2.45, 2.75) is 4.90 Å². The molecule has 0 saturated heterocycles. The number of nitrogens with zero attached hydrogens (tertiary/aromatic N) is 1. The highest BCUT2D eigenvalue weighted by molar-refractivity contribution is 9.10. The lowest BCUT2D eigenvalue weighted by atomic mass is 10.3. The molecule has 0 aliphatic heterocycles. The third kappa shape index (κ3) is 2.54. The maximum absolute atomic E-state index is 12.0. The zero-order valence-corrected chi connectivity index (χ0v) is 11.5. The van der Waals surface area contributed by atoms with Crippen LogP contribution >= 0.6 is 15.9 Å². The van der Waals surface area contributed by atoms with Gasteiger partial charge in [-0.15, -0.1) is 0 Å². The smallest absolute Gasteiger partial charge is 0.268 e. The van der Waals surface area contributed by atoms with E-state index in [1.54, 1.807) is 12.1 Å². The van der Waals surface area contributed by atoms with Crippen molar-refractivity contribution < 1.29 is 18.0 Å². The number of methoxy groups -OCH3 is 1. The Morgan fingerprint density at radius 3 is 2.44 bits per heavy atom. The van der Waals surface area contributed by atoms with Crippen LogP contribution in [0.3, 0.4) is 0 Å². The largest absolute Gasteiger partial charge is 0.495 e. The van der Waals surface area contributed by atoms with Crippen LogP contribution in [-0.2, 0) is 14.9 Å². The summed E-state index contributed by atoms with van der Waals surface area (Å²) in [5, 5.41) is 0. The lowest BCUT2D eigenvalue weighted by Gasteiger charge is -2.16. The van der Waals surface area contributed by atoms with Crippen LogP contribution in [0.1, 0.15) is 0 Å². The average Bonchev–Trinajstić information content (AvgIpc) is 2.27. The van der Waals surface area contributed by atoms with Crippen molar-refractivity contribution in [3.63, 3.8) is 0 Å². The average molecular weight is 310 g/mol. The molecular formula is C9H12BrNO4S. The first-order valence-electron chi connectivity index (χ1n) is 4.30. The minimum Gasteiger partial charge on any atom is -0.495 e. The molecule has 0 saturated carbocycles. The Morgan fingerprint density at radius 2 is 1.94 bits per heavy atom. The van der Waals surface area contributed by atoms with E-state index in [1.807, 2.05) is 0 Å². The van der Waals surface area contributed by atoms with E-state index in [0.717, 1.165) is 4.47 Å². The van der Waals surface area contributed by atoms with E-state index in [2.05, 4.69) is 20.8 Å². The van der Waals surface area contributed by atoms with Gasteiger partial charge in [0.25, 0.3) is 10.0 Å². The SMILES string of the molecule is COc1ccc(Br)cc1S(=O)(=O)N(C)OC.